The Morgan fingerprint density at radius 3 is 3.25 bits per heavy atom. The van der Waals surface area contributed by atoms with Gasteiger partial charge in [0.1, 0.15) is 0 Å². The third-order valence-corrected chi connectivity index (χ3v) is 2.88. The molecule has 0 aliphatic heterocycles. The molecule has 0 bridgehead atoms. The number of anilines is 1. The Balaban J connectivity index is 1.96. The van der Waals surface area contributed by atoms with Crippen LogP contribution in [-0.4, -0.2) is 34.8 Å². The lowest BCUT2D eigenvalue weighted by molar-refractivity contribution is 0.210. The molecule has 0 amide bonds. The predicted octanol–water partition coefficient (Wildman–Crippen LogP) is 1.45. The van der Waals surface area contributed by atoms with Crippen LogP contribution in [0, 0.1) is 0 Å². The zero-order valence-electron chi connectivity index (χ0n) is 9.09. The highest BCUT2D eigenvalue weighted by molar-refractivity contribution is 7.09. The van der Waals surface area contributed by atoms with Gasteiger partial charge in [0.2, 0.25) is 5.95 Å². The molecule has 0 saturated heterocycles. The lowest BCUT2D eigenvalue weighted by atomic mass is 10.5. The van der Waals surface area contributed by atoms with Gasteiger partial charge in [-0.3, -0.25) is 4.98 Å². The van der Waals surface area contributed by atoms with Crippen molar-refractivity contribution >= 4 is 17.3 Å². The van der Waals surface area contributed by atoms with Crippen LogP contribution in [0.4, 0.5) is 5.95 Å². The van der Waals surface area contributed by atoms with Gasteiger partial charge in [-0.15, -0.1) is 11.3 Å². The molecule has 86 valence electrons. The van der Waals surface area contributed by atoms with Crippen molar-refractivity contribution < 1.29 is 4.74 Å². The fourth-order valence-corrected chi connectivity index (χ4v) is 1.95. The summed E-state index contributed by atoms with van der Waals surface area (Å²) in [6, 6.07) is 0. The average Bonchev–Trinajstić information content (AvgIpc) is 2.92. The van der Waals surface area contributed by atoms with E-state index in [1.807, 2.05) is 17.9 Å². The molecule has 2 aromatic heterocycles. The first-order chi connectivity index (χ1) is 7.90. The molecular formula is C10H14N4OS. The molecule has 2 aromatic rings. The van der Waals surface area contributed by atoms with Crippen LogP contribution in [0.1, 0.15) is 4.88 Å². The maximum absolute atomic E-state index is 4.98. The lowest BCUT2D eigenvalue weighted by Crippen LogP contribution is -2.12. The fourth-order valence-electron chi connectivity index (χ4n) is 1.36. The summed E-state index contributed by atoms with van der Waals surface area (Å²) in [5, 5.41) is 3.22. The summed E-state index contributed by atoms with van der Waals surface area (Å²) in [5.41, 5.74) is 1.84. The van der Waals surface area contributed by atoms with Gasteiger partial charge in [0, 0.05) is 37.1 Å². The minimum atomic E-state index is 0.674. The van der Waals surface area contributed by atoms with Crippen molar-refractivity contribution in [2.75, 3.05) is 25.6 Å². The number of hydrogen-bond donors (Lipinski definition) is 1. The number of aromatic nitrogens is 3. The first-order valence-electron chi connectivity index (χ1n) is 5.01. The van der Waals surface area contributed by atoms with E-state index in [1.54, 1.807) is 24.6 Å². The van der Waals surface area contributed by atoms with Gasteiger partial charge in [0.25, 0.3) is 0 Å². The largest absolute Gasteiger partial charge is 0.383 e. The molecule has 1 N–H and O–H groups in total. The second-order valence-electron chi connectivity index (χ2n) is 3.27. The summed E-state index contributed by atoms with van der Waals surface area (Å²) in [6.45, 7) is 2.24. The minimum absolute atomic E-state index is 0.674. The molecular weight excluding hydrogens is 224 g/mol. The first-order valence-corrected chi connectivity index (χ1v) is 5.89. The molecule has 6 heteroatoms. The topological polar surface area (TPSA) is 52.0 Å². The minimum Gasteiger partial charge on any atom is -0.383 e. The number of rotatable bonds is 6. The molecule has 16 heavy (non-hydrogen) atoms. The van der Waals surface area contributed by atoms with E-state index >= 15 is 0 Å². The Labute approximate surface area is 98.1 Å². The van der Waals surface area contributed by atoms with E-state index < -0.39 is 0 Å². The van der Waals surface area contributed by atoms with Crippen LogP contribution in [0.2, 0.25) is 0 Å². The smallest absolute Gasteiger partial charge is 0.203 e. The standard InChI is InChI=1S/C10H14N4OS/c1-15-5-3-13-10-12-2-4-14(10)7-9-6-11-8-16-9/h2,4,6,8H,3,5,7H2,1H3,(H,12,13). The van der Waals surface area contributed by atoms with Crippen LogP contribution in [0.25, 0.3) is 0 Å². The fraction of sp³-hybridized carbons (Fsp3) is 0.400. The van der Waals surface area contributed by atoms with E-state index in [9.17, 15) is 0 Å². The molecule has 0 aromatic carbocycles. The molecule has 0 aliphatic carbocycles. The van der Waals surface area contributed by atoms with Crippen molar-refractivity contribution in [3.63, 3.8) is 0 Å². The number of nitrogens with zero attached hydrogens (tertiary/aromatic N) is 3. The molecule has 0 spiro atoms. The first kappa shape index (κ1) is 11.1. The molecule has 0 radical (unpaired) electrons. The van der Waals surface area contributed by atoms with Gasteiger partial charge >= 0.3 is 0 Å². The molecule has 0 atom stereocenters. The van der Waals surface area contributed by atoms with Gasteiger partial charge in [0.15, 0.2) is 0 Å². The van der Waals surface area contributed by atoms with Crippen molar-refractivity contribution in [3.05, 3.63) is 29.0 Å². The number of imidazole rings is 1. The average molecular weight is 238 g/mol. The van der Waals surface area contributed by atoms with Gasteiger partial charge in [-0.25, -0.2) is 4.98 Å². The van der Waals surface area contributed by atoms with Crippen LogP contribution in [0.15, 0.2) is 24.1 Å². The van der Waals surface area contributed by atoms with E-state index in [4.69, 9.17) is 4.74 Å². The number of methoxy groups -OCH3 is 1. The molecule has 0 saturated carbocycles. The van der Waals surface area contributed by atoms with Crippen molar-refractivity contribution in [3.8, 4) is 0 Å². The quantitative estimate of drug-likeness (QED) is 0.774. The molecule has 2 heterocycles. The Morgan fingerprint density at radius 1 is 1.56 bits per heavy atom. The highest BCUT2D eigenvalue weighted by Gasteiger charge is 2.03. The Hall–Kier alpha value is -1.40. The summed E-state index contributed by atoms with van der Waals surface area (Å²) in [5.74, 6) is 0.866. The lowest BCUT2D eigenvalue weighted by Gasteiger charge is -2.07. The predicted molar refractivity (Wildman–Crippen MR) is 63.8 cm³/mol. The van der Waals surface area contributed by atoms with E-state index in [-0.39, 0.29) is 0 Å². The van der Waals surface area contributed by atoms with Crippen molar-refractivity contribution in [2.45, 2.75) is 6.54 Å². The van der Waals surface area contributed by atoms with Crippen LogP contribution >= 0.6 is 11.3 Å². The number of thiazole rings is 1. The Morgan fingerprint density at radius 2 is 2.50 bits per heavy atom. The summed E-state index contributed by atoms with van der Waals surface area (Å²) >= 11 is 1.65. The van der Waals surface area contributed by atoms with Gasteiger partial charge in [-0.1, -0.05) is 0 Å². The second kappa shape index (κ2) is 5.62. The third kappa shape index (κ3) is 2.80. The zero-order chi connectivity index (χ0) is 11.2. The van der Waals surface area contributed by atoms with Gasteiger partial charge in [-0.05, 0) is 0 Å². The number of ether oxygens (including phenoxy) is 1. The van der Waals surface area contributed by atoms with Crippen molar-refractivity contribution in [1.29, 1.82) is 0 Å². The Bertz CT molecular complexity index is 412. The highest BCUT2D eigenvalue weighted by atomic mass is 32.1. The molecule has 2 rings (SSSR count). The molecule has 0 aliphatic rings. The summed E-state index contributed by atoms with van der Waals surface area (Å²) < 4.78 is 7.04. The second-order valence-corrected chi connectivity index (χ2v) is 4.24. The Kier molecular flexibility index (Phi) is 3.90. The van der Waals surface area contributed by atoms with Gasteiger partial charge in [0.05, 0.1) is 18.7 Å². The monoisotopic (exact) mass is 238 g/mol. The molecule has 5 nitrogen and oxygen atoms in total. The maximum atomic E-state index is 4.98. The van der Waals surface area contributed by atoms with Crippen LogP contribution in [0.3, 0.4) is 0 Å². The normalized spacial score (nSPS) is 10.6. The van der Waals surface area contributed by atoms with Gasteiger partial charge in [-0.2, -0.15) is 0 Å². The third-order valence-electron chi connectivity index (χ3n) is 2.11. The van der Waals surface area contributed by atoms with E-state index in [0.717, 1.165) is 19.0 Å². The van der Waals surface area contributed by atoms with Crippen molar-refractivity contribution in [1.82, 2.24) is 14.5 Å². The molecule has 0 fully saturated rings. The number of hydrogen-bond acceptors (Lipinski definition) is 5. The maximum Gasteiger partial charge on any atom is 0.203 e. The number of nitrogens with one attached hydrogen (secondary N) is 1. The van der Waals surface area contributed by atoms with Crippen molar-refractivity contribution in [2.24, 2.45) is 0 Å². The molecule has 0 unspecified atom stereocenters. The van der Waals surface area contributed by atoms with E-state index in [0.29, 0.717) is 6.61 Å². The van der Waals surface area contributed by atoms with E-state index in [1.165, 1.54) is 4.88 Å². The summed E-state index contributed by atoms with van der Waals surface area (Å²) in [6.07, 6.45) is 5.62. The van der Waals surface area contributed by atoms with E-state index in [2.05, 4.69) is 19.9 Å². The zero-order valence-corrected chi connectivity index (χ0v) is 9.91. The van der Waals surface area contributed by atoms with Crippen LogP contribution in [-0.2, 0) is 11.3 Å². The summed E-state index contributed by atoms with van der Waals surface area (Å²) in [7, 11) is 1.69. The highest BCUT2D eigenvalue weighted by Crippen LogP contribution is 2.11. The SMILES string of the molecule is COCCNc1nccn1Cc1cncs1. The summed E-state index contributed by atoms with van der Waals surface area (Å²) in [4.78, 5) is 9.52. The van der Waals surface area contributed by atoms with Crippen LogP contribution < -0.4 is 5.32 Å². The van der Waals surface area contributed by atoms with Gasteiger partial charge < -0.3 is 14.6 Å². The van der Waals surface area contributed by atoms with Crippen LogP contribution in [0.5, 0.6) is 0 Å².